The van der Waals surface area contributed by atoms with Crippen molar-refractivity contribution in [1.29, 1.82) is 0 Å². The highest BCUT2D eigenvalue weighted by Crippen LogP contribution is 2.36. The average molecular weight is 334 g/mol. The Hall–Kier alpha value is -2.11. The quantitative estimate of drug-likeness (QED) is 0.689. The molecule has 1 aliphatic heterocycles. The lowest BCUT2D eigenvalue weighted by atomic mass is 9.78. The Morgan fingerprint density at radius 1 is 0.960 bits per heavy atom. The third kappa shape index (κ3) is 2.88. The molecule has 5 heteroatoms. The molecule has 1 aliphatic rings. The lowest BCUT2D eigenvalue weighted by Crippen LogP contribution is -2.41. The third-order valence-electron chi connectivity index (χ3n) is 5.42. The van der Waals surface area contributed by atoms with E-state index in [2.05, 4.69) is 67.7 Å². The summed E-state index contributed by atoms with van der Waals surface area (Å²) in [7, 11) is -0.321. The number of hydrogen-bond acceptors (Lipinski definition) is 3. The number of rotatable bonds is 3. The normalized spacial score (nSPS) is 18.8. The summed E-state index contributed by atoms with van der Waals surface area (Å²) in [5.41, 5.74) is 2.87. The number of pyridine rings is 1. The number of benzene rings is 1. The Morgan fingerprint density at radius 2 is 1.64 bits per heavy atom. The van der Waals surface area contributed by atoms with Crippen molar-refractivity contribution in [2.75, 3.05) is 0 Å². The molecule has 0 amide bonds. The van der Waals surface area contributed by atoms with E-state index in [9.17, 15) is 0 Å². The van der Waals surface area contributed by atoms with Gasteiger partial charge in [0.25, 0.3) is 0 Å². The van der Waals surface area contributed by atoms with Gasteiger partial charge in [-0.3, -0.25) is 4.98 Å². The van der Waals surface area contributed by atoms with Crippen LogP contribution >= 0.6 is 0 Å². The second-order valence-electron chi connectivity index (χ2n) is 7.71. The summed E-state index contributed by atoms with van der Waals surface area (Å²) in [6, 6.07) is 12.7. The molecule has 4 rings (SSSR count). The van der Waals surface area contributed by atoms with E-state index in [1.54, 1.807) is 0 Å². The van der Waals surface area contributed by atoms with Gasteiger partial charge in [-0.05, 0) is 68.4 Å². The molecule has 0 atom stereocenters. The molecule has 1 fully saturated rings. The van der Waals surface area contributed by atoms with Crippen LogP contribution in [0.25, 0.3) is 10.9 Å². The maximum absolute atomic E-state index is 6.17. The number of nitrogens with zero attached hydrogens (tertiary/aromatic N) is 2. The second-order valence-corrected chi connectivity index (χ2v) is 7.71. The Morgan fingerprint density at radius 3 is 2.32 bits per heavy atom. The molecule has 4 nitrogen and oxygen atoms in total. The highest BCUT2D eigenvalue weighted by atomic mass is 16.7. The summed E-state index contributed by atoms with van der Waals surface area (Å²) in [6.07, 6.45) is 5.79. The van der Waals surface area contributed by atoms with Crippen LogP contribution in [0.1, 0.15) is 33.3 Å². The van der Waals surface area contributed by atoms with Gasteiger partial charge in [0.2, 0.25) is 0 Å². The smallest absolute Gasteiger partial charge is 0.399 e. The Kier molecular flexibility index (Phi) is 3.74. The standard InChI is InChI=1S/C20H23BN2O2/c1-19(2)20(3,4)25-21(24-19)17-5-6-18-16(13-17)9-12-23(18)14-15-7-10-22-11-8-15/h5-13H,14H2,1-4H3. The molecule has 2 aromatic heterocycles. The molecule has 128 valence electrons. The minimum Gasteiger partial charge on any atom is -0.399 e. The van der Waals surface area contributed by atoms with Crippen LogP contribution in [0.3, 0.4) is 0 Å². The maximum atomic E-state index is 6.17. The zero-order valence-corrected chi connectivity index (χ0v) is 15.2. The van der Waals surface area contributed by atoms with Crippen LogP contribution in [0, 0.1) is 0 Å². The molecule has 0 saturated carbocycles. The summed E-state index contributed by atoms with van der Waals surface area (Å²) < 4.78 is 14.6. The number of aromatic nitrogens is 2. The van der Waals surface area contributed by atoms with Crippen LogP contribution in [-0.2, 0) is 15.9 Å². The van der Waals surface area contributed by atoms with E-state index in [4.69, 9.17) is 9.31 Å². The third-order valence-corrected chi connectivity index (χ3v) is 5.42. The van der Waals surface area contributed by atoms with Crippen molar-refractivity contribution < 1.29 is 9.31 Å². The van der Waals surface area contributed by atoms with Gasteiger partial charge in [-0.15, -0.1) is 0 Å². The first kappa shape index (κ1) is 16.4. The molecule has 25 heavy (non-hydrogen) atoms. The fourth-order valence-corrected chi connectivity index (χ4v) is 3.17. The molecule has 3 aromatic rings. The van der Waals surface area contributed by atoms with E-state index in [-0.39, 0.29) is 18.3 Å². The molecule has 1 saturated heterocycles. The van der Waals surface area contributed by atoms with Crippen molar-refractivity contribution in [1.82, 2.24) is 9.55 Å². The summed E-state index contributed by atoms with van der Waals surface area (Å²) in [5.74, 6) is 0. The topological polar surface area (TPSA) is 36.3 Å². The molecule has 1 aromatic carbocycles. The summed E-state index contributed by atoms with van der Waals surface area (Å²) in [5, 5.41) is 1.20. The van der Waals surface area contributed by atoms with Crippen LogP contribution in [0.5, 0.6) is 0 Å². The Balaban J connectivity index is 1.62. The second kappa shape index (κ2) is 5.72. The van der Waals surface area contributed by atoms with Crippen LogP contribution in [0.2, 0.25) is 0 Å². The molecular weight excluding hydrogens is 311 g/mol. The van der Waals surface area contributed by atoms with Crippen LogP contribution < -0.4 is 5.46 Å². The molecule has 0 unspecified atom stereocenters. The van der Waals surface area contributed by atoms with Gasteiger partial charge in [0.15, 0.2) is 0 Å². The summed E-state index contributed by atoms with van der Waals surface area (Å²) >= 11 is 0. The Labute approximate surface area is 148 Å². The van der Waals surface area contributed by atoms with Crippen molar-refractivity contribution in [3.8, 4) is 0 Å². The van der Waals surface area contributed by atoms with E-state index in [1.165, 1.54) is 16.5 Å². The lowest BCUT2D eigenvalue weighted by Gasteiger charge is -2.32. The highest BCUT2D eigenvalue weighted by Gasteiger charge is 2.51. The monoisotopic (exact) mass is 334 g/mol. The van der Waals surface area contributed by atoms with E-state index in [0.717, 1.165) is 12.0 Å². The zero-order chi connectivity index (χ0) is 17.7. The first-order valence-electron chi connectivity index (χ1n) is 8.69. The molecule has 0 bridgehead atoms. The molecule has 0 spiro atoms. The van der Waals surface area contributed by atoms with Gasteiger partial charge in [-0.25, -0.2) is 0 Å². The van der Waals surface area contributed by atoms with Crippen molar-refractivity contribution in [2.45, 2.75) is 45.4 Å². The van der Waals surface area contributed by atoms with Crippen LogP contribution in [-0.4, -0.2) is 27.9 Å². The van der Waals surface area contributed by atoms with Crippen LogP contribution in [0.4, 0.5) is 0 Å². The van der Waals surface area contributed by atoms with Gasteiger partial charge in [0, 0.05) is 30.7 Å². The van der Waals surface area contributed by atoms with E-state index < -0.39 is 0 Å². The van der Waals surface area contributed by atoms with Gasteiger partial charge in [0.05, 0.1) is 11.2 Å². The van der Waals surface area contributed by atoms with E-state index >= 15 is 0 Å². The van der Waals surface area contributed by atoms with Crippen molar-refractivity contribution in [3.63, 3.8) is 0 Å². The predicted molar refractivity (Wildman–Crippen MR) is 101 cm³/mol. The fourth-order valence-electron chi connectivity index (χ4n) is 3.17. The van der Waals surface area contributed by atoms with Crippen molar-refractivity contribution in [3.05, 3.63) is 60.6 Å². The average Bonchev–Trinajstić information content (AvgIpc) is 3.06. The molecule has 0 N–H and O–H groups in total. The van der Waals surface area contributed by atoms with Crippen LogP contribution in [0.15, 0.2) is 55.0 Å². The van der Waals surface area contributed by atoms with Gasteiger partial charge in [0.1, 0.15) is 0 Å². The fraction of sp³-hybridized carbons (Fsp3) is 0.350. The molecule has 0 aliphatic carbocycles. The first-order valence-corrected chi connectivity index (χ1v) is 8.69. The lowest BCUT2D eigenvalue weighted by molar-refractivity contribution is 0.00578. The van der Waals surface area contributed by atoms with Crippen molar-refractivity contribution in [2.24, 2.45) is 0 Å². The predicted octanol–water partition coefficient (Wildman–Crippen LogP) is 3.38. The largest absolute Gasteiger partial charge is 0.494 e. The van der Waals surface area contributed by atoms with E-state index in [0.29, 0.717) is 0 Å². The summed E-state index contributed by atoms with van der Waals surface area (Å²) in [4.78, 5) is 4.08. The minimum absolute atomic E-state index is 0.320. The van der Waals surface area contributed by atoms with Gasteiger partial charge in [-0.2, -0.15) is 0 Å². The first-order chi connectivity index (χ1) is 11.9. The molecule has 3 heterocycles. The SMILES string of the molecule is CC1(C)OB(c2ccc3c(ccn3Cc3ccncc3)c2)OC1(C)C. The van der Waals surface area contributed by atoms with Gasteiger partial charge < -0.3 is 13.9 Å². The molecular formula is C20H23BN2O2. The molecule has 0 radical (unpaired) electrons. The zero-order valence-electron chi connectivity index (χ0n) is 15.2. The van der Waals surface area contributed by atoms with Gasteiger partial charge >= 0.3 is 7.12 Å². The van der Waals surface area contributed by atoms with Crippen molar-refractivity contribution >= 4 is 23.5 Å². The maximum Gasteiger partial charge on any atom is 0.494 e. The highest BCUT2D eigenvalue weighted by molar-refractivity contribution is 6.62. The number of fused-ring (bicyclic) bond motifs is 1. The van der Waals surface area contributed by atoms with Gasteiger partial charge in [-0.1, -0.05) is 12.1 Å². The Bertz CT molecular complexity index is 886. The summed E-state index contributed by atoms with van der Waals surface area (Å²) in [6.45, 7) is 9.16. The number of hydrogen-bond donors (Lipinski definition) is 0. The minimum atomic E-state index is -0.321. The van der Waals surface area contributed by atoms with E-state index in [1.807, 2.05) is 24.5 Å².